The van der Waals surface area contributed by atoms with Crippen LogP contribution in [0.4, 0.5) is 0 Å². The Morgan fingerprint density at radius 1 is 1.14 bits per heavy atom. The second kappa shape index (κ2) is 6.74. The molecule has 2 fully saturated rings. The fourth-order valence-electron chi connectivity index (χ4n) is 4.24. The van der Waals surface area contributed by atoms with E-state index in [2.05, 4.69) is 42.2 Å². The minimum absolute atomic E-state index is 0.340. The Balaban J connectivity index is 1.69. The summed E-state index contributed by atoms with van der Waals surface area (Å²) in [6.45, 7) is 3.17. The van der Waals surface area contributed by atoms with E-state index in [1.807, 2.05) is 0 Å². The van der Waals surface area contributed by atoms with Gasteiger partial charge in [0.1, 0.15) is 5.78 Å². The van der Waals surface area contributed by atoms with Crippen molar-refractivity contribution < 1.29 is 4.79 Å². The van der Waals surface area contributed by atoms with Crippen molar-refractivity contribution in [1.29, 1.82) is 0 Å². The molecule has 2 aliphatic heterocycles. The molecule has 2 saturated heterocycles. The molecule has 2 atom stereocenters. The predicted molar refractivity (Wildman–Crippen MR) is 86.1 cm³/mol. The molecule has 2 bridgehead atoms. The minimum Gasteiger partial charge on any atom is -0.299 e. The SMILES string of the molecule is CCCC(=O)C1CC2CCCC(C1)N2Cc1ccccc1. The van der Waals surface area contributed by atoms with Gasteiger partial charge >= 0.3 is 0 Å². The van der Waals surface area contributed by atoms with Crippen LogP contribution in [0.25, 0.3) is 0 Å². The van der Waals surface area contributed by atoms with E-state index in [1.165, 1.54) is 24.8 Å². The summed E-state index contributed by atoms with van der Waals surface area (Å²) in [7, 11) is 0. The smallest absolute Gasteiger partial charge is 0.136 e. The predicted octanol–water partition coefficient (Wildman–Crippen LogP) is 4.19. The lowest BCUT2D eigenvalue weighted by Gasteiger charge is -2.48. The van der Waals surface area contributed by atoms with Crippen LogP contribution in [0.15, 0.2) is 30.3 Å². The summed E-state index contributed by atoms with van der Waals surface area (Å²) in [6.07, 6.45) is 7.87. The number of benzene rings is 1. The molecule has 2 aliphatic rings. The van der Waals surface area contributed by atoms with Crippen molar-refractivity contribution in [2.45, 2.75) is 70.5 Å². The van der Waals surface area contributed by atoms with Gasteiger partial charge in [-0.1, -0.05) is 43.7 Å². The van der Waals surface area contributed by atoms with E-state index in [9.17, 15) is 4.79 Å². The lowest BCUT2D eigenvalue weighted by molar-refractivity contribution is -0.127. The molecule has 0 aliphatic carbocycles. The molecule has 1 aromatic rings. The first kappa shape index (κ1) is 14.8. The first-order valence-electron chi connectivity index (χ1n) is 8.60. The Kier molecular flexibility index (Phi) is 4.74. The van der Waals surface area contributed by atoms with Crippen LogP contribution < -0.4 is 0 Å². The van der Waals surface area contributed by atoms with Crippen LogP contribution in [0.3, 0.4) is 0 Å². The van der Waals surface area contributed by atoms with Gasteiger partial charge in [0.05, 0.1) is 0 Å². The number of rotatable bonds is 5. The first-order valence-corrected chi connectivity index (χ1v) is 8.60. The number of hydrogen-bond acceptors (Lipinski definition) is 2. The second-order valence-corrected chi connectivity index (χ2v) is 6.78. The molecule has 0 aromatic heterocycles. The van der Waals surface area contributed by atoms with Crippen molar-refractivity contribution in [3.05, 3.63) is 35.9 Å². The first-order chi connectivity index (χ1) is 10.3. The molecule has 114 valence electrons. The van der Waals surface area contributed by atoms with Crippen LogP contribution >= 0.6 is 0 Å². The largest absolute Gasteiger partial charge is 0.299 e. The number of Topliss-reactive ketones (excluding diaryl/α,β-unsaturated/α-hetero) is 1. The van der Waals surface area contributed by atoms with Gasteiger partial charge in [-0.15, -0.1) is 0 Å². The average Bonchev–Trinajstić information content (AvgIpc) is 2.48. The third kappa shape index (κ3) is 3.37. The number of hydrogen-bond donors (Lipinski definition) is 0. The second-order valence-electron chi connectivity index (χ2n) is 6.78. The number of fused-ring (bicyclic) bond motifs is 2. The van der Waals surface area contributed by atoms with Crippen LogP contribution in [0, 0.1) is 5.92 Å². The zero-order valence-corrected chi connectivity index (χ0v) is 13.1. The van der Waals surface area contributed by atoms with Gasteiger partial charge in [-0.25, -0.2) is 0 Å². The van der Waals surface area contributed by atoms with Gasteiger partial charge in [0.15, 0.2) is 0 Å². The number of piperidine rings is 2. The van der Waals surface area contributed by atoms with Gasteiger partial charge in [-0.3, -0.25) is 9.69 Å². The van der Waals surface area contributed by atoms with Gasteiger partial charge in [-0.2, -0.15) is 0 Å². The molecule has 0 N–H and O–H groups in total. The lowest BCUT2D eigenvalue weighted by Crippen LogP contribution is -2.52. The third-order valence-electron chi connectivity index (χ3n) is 5.29. The zero-order chi connectivity index (χ0) is 14.7. The summed E-state index contributed by atoms with van der Waals surface area (Å²) in [5.41, 5.74) is 1.41. The monoisotopic (exact) mass is 285 g/mol. The lowest BCUT2D eigenvalue weighted by atomic mass is 9.76. The molecule has 0 saturated carbocycles. The minimum atomic E-state index is 0.340. The van der Waals surface area contributed by atoms with Crippen LogP contribution in [0.2, 0.25) is 0 Å². The highest BCUT2D eigenvalue weighted by molar-refractivity contribution is 5.81. The van der Waals surface area contributed by atoms with E-state index >= 15 is 0 Å². The molecule has 0 radical (unpaired) electrons. The van der Waals surface area contributed by atoms with Gasteiger partial charge in [0.2, 0.25) is 0 Å². The topological polar surface area (TPSA) is 20.3 Å². The Bertz CT molecular complexity index is 456. The quantitative estimate of drug-likeness (QED) is 0.808. The Labute approximate surface area is 128 Å². The molecular weight excluding hydrogens is 258 g/mol. The molecule has 2 nitrogen and oxygen atoms in total. The maximum Gasteiger partial charge on any atom is 0.136 e. The molecule has 3 rings (SSSR count). The molecule has 2 heterocycles. The van der Waals surface area contributed by atoms with Crippen molar-refractivity contribution >= 4 is 5.78 Å². The fourth-order valence-corrected chi connectivity index (χ4v) is 4.24. The summed E-state index contributed by atoms with van der Waals surface area (Å²) in [4.78, 5) is 15.0. The summed E-state index contributed by atoms with van der Waals surface area (Å²) in [5.74, 6) is 0.862. The Hall–Kier alpha value is -1.15. The molecule has 0 spiro atoms. The normalized spacial score (nSPS) is 29.3. The van der Waals surface area contributed by atoms with Crippen molar-refractivity contribution in [3.8, 4) is 0 Å². The van der Waals surface area contributed by atoms with E-state index in [-0.39, 0.29) is 0 Å². The molecule has 2 heteroatoms. The highest BCUT2D eigenvalue weighted by Crippen LogP contribution is 2.38. The zero-order valence-electron chi connectivity index (χ0n) is 13.1. The number of carbonyl (C=O) groups is 1. The summed E-state index contributed by atoms with van der Waals surface area (Å²) in [5, 5.41) is 0. The molecule has 1 aromatic carbocycles. The maximum atomic E-state index is 12.3. The molecule has 0 amide bonds. The highest BCUT2D eigenvalue weighted by atomic mass is 16.1. The fraction of sp³-hybridized carbons (Fsp3) is 0.632. The van der Waals surface area contributed by atoms with Gasteiger partial charge < -0.3 is 0 Å². The molecule has 21 heavy (non-hydrogen) atoms. The standard InChI is InChI=1S/C19H27NO/c1-2-7-19(21)16-12-17-10-6-11-18(13-16)20(17)14-15-8-4-3-5-9-15/h3-5,8-9,16-18H,2,6-7,10-14H2,1H3. The van der Waals surface area contributed by atoms with Gasteiger partial charge in [0, 0.05) is 31.0 Å². The van der Waals surface area contributed by atoms with Crippen molar-refractivity contribution in [3.63, 3.8) is 0 Å². The van der Waals surface area contributed by atoms with Gasteiger partial charge in [0.25, 0.3) is 0 Å². The Morgan fingerprint density at radius 3 is 2.43 bits per heavy atom. The number of carbonyl (C=O) groups excluding carboxylic acids is 1. The van der Waals surface area contributed by atoms with Crippen LogP contribution in [-0.4, -0.2) is 22.8 Å². The van der Waals surface area contributed by atoms with E-state index < -0.39 is 0 Å². The number of ketones is 1. The molecular formula is C19H27NO. The van der Waals surface area contributed by atoms with Crippen LogP contribution in [0.5, 0.6) is 0 Å². The van der Waals surface area contributed by atoms with E-state index in [0.717, 1.165) is 32.2 Å². The van der Waals surface area contributed by atoms with E-state index in [1.54, 1.807) is 0 Å². The van der Waals surface area contributed by atoms with Crippen molar-refractivity contribution in [1.82, 2.24) is 4.90 Å². The average molecular weight is 285 g/mol. The summed E-state index contributed by atoms with van der Waals surface area (Å²) in [6, 6.07) is 12.0. The van der Waals surface area contributed by atoms with Crippen LogP contribution in [-0.2, 0) is 11.3 Å². The van der Waals surface area contributed by atoms with Crippen molar-refractivity contribution in [2.24, 2.45) is 5.92 Å². The van der Waals surface area contributed by atoms with E-state index in [0.29, 0.717) is 23.8 Å². The van der Waals surface area contributed by atoms with Gasteiger partial charge in [-0.05, 0) is 37.7 Å². The third-order valence-corrected chi connectivity index (χ3v) is 5.29. The Morgan fingerprint density at radius 2 is 1.81 bits per heavy atom. The number of nitrogens with zero attached hydrogens (tertiary/aromatic N) is 1. The van der Waals surface area contributed by atoms with Crippen LogP contribution in [0.1, 0.15) is 57.4 Å². The van der Waals surface area contributed by atoms with E-state index in [4.69, 9.17) is 0 Å². The molecule has 2 unspecified atom stereocenters. The highest BCUT2D eigenvalue weighted by Gasteiger charge is 2.39. The maximum absolute atomic E-state index is 12.3. The summed E-state index contributed by atoms with van der Waals surface area (Å²) < 4.78 is 0. The summed E-state index contributed by atoms with van der Waals surface area (Å²) >= 11 is 0. The van der Waals surface area contributed by atoms with Crippen molar-refractivity contribution in [2.75, 3.05) is 0 Å².